The Bertz CT molecular complexity index is 317. The van der Waals surface area contributed by atoms with Crippen LogP contribution < -0.4 is 0 Å². The first-order valence-electron chi connectivity index (χ1n) is 4.82. The van der Waals surface area contributed by atoms with Crippen molar-refractivity contribution in [2.75, 3.05) is 26.0 Å². The van der Waals surface area contributed by atoms with Crippen LogP contribution in [-0.4, -0.2) is 30.9 Å². The van der Waals surface area contributed by atoms with Crippen LogP contribution >= 0.6 is 11.6 Å². The fourth-order valence-corrected chi connectivity index (χ4v) is 1.58. The minimum Gasteiger partial charge on any atom is -0.305 e. The Morgan fingerprint density at radius 3 is 2.60 bits per heavy atom. The number of rotatable bonds is 5. The summed E-state index contributed by atoms with van der Waals surface area (Å²) in [5, 5.41) is 0. The van der Waals surface area contributed by atoms with E-state index in [2.05, 4.69) is 0 Å². The molecule has 1 nitrogen and oxygen atoms in total. The molecule has 0 aliphatic carbocycles. The molecule has 0 heterocycles. The first-order chi connectivity index (χ1) is 7.13. The maximum atomic E-state index is 13.2. The number of halogens is 3. The Labute approximate surface area is 93.7 Å². The lowest BCUT2D eigenvalue weighted by Crippen LogP contribution is -2.23. The van der Waals surface area contributed by atoms with Crippen molar-refractivity contribution in [3.8, 4) is 0 Å². The van der Waals surface area contributed by atoms with Crippen LogP contribution in [0, 0.1) is 11.6 Å². The molecule has 0 fully saturated rings. The average Bonchev–Trinajstić information content (AvgIpc) is 2.17. The second-order valence-electron chi connectivity index (χ2n) is 3.48. The molecule has 0 aliphatic heterocycles. The third-order valence-electron chi connectivity index (χ3n) is 2.24. The van der Waals surface area contributed by atoms with Crippen LogP contribution in [-0.2, 0) is 6.42 Å². The molecule has 0 spiro atoms. The summed E-state index contributed by atoms with van der Waals surface area (Å²) < 4.78 is 25.8. The normalized spacial score (nSPS) is 11.0. The van der Waals surface area contributed by atoms with Gasteiger partial charge < -0.3 is 4.90 Å². The summed E-state index contributed by atoms with van der Waals surface area (Å²) >= 11 is 5.56. The van der Waals surface area contributed by atoms with Gasteiger partial charge in [0.05, 0.1) is 0 Å². The topological polar surface area (TPSA) is 3.24 Å². The Balaban J connectivity index is 2.50. The predicted octanol–water partition coefficient (Wildman–Crippen LogP) is 2.68. The van der Waals surface area contributed by atoms with Crippen molar-refractivity contribution in [2.45, 2.75) is 6.42 Å². The highest BCUT2D eigenvalue weighted by Crippen LogP contribution is 2.10. The number of nitrogens with zero attached hydrogens (tertiary/aromatic N) is 1. The summed E-state index contributed by atoms with van der Waals surface area (Å²) in [6.07, 6.45) is 0.569. The number of hydrogen-bond donors (Lipinski definition) is 0. The van der Waals surface area contributed by atoms with Crippen LogP contribution in [0.1, 0.15) is 5.56 Å². The second-order valence-corrected chi connectivity index (χ2v) is 3.86. The van der Waals surface area contributed by atoms with Gasteiger partial charge in [0.2, 0.25) is 0 Å². The summed E-state index contributed by atoms with van der Waals surface area (Å²) in [6, 6.07) is 3.68. The van der Waals surface area contributed by atoms with Gasteiger partial charge in [0.25, 0.3) is 0 Å². The zero-order valence-corrected chi connectivity index (χ0v) is 9.40. The molecule has 1 rings (SSSR count). The van der Waals surface area contributed by atoms with Gasteiger partial charge in [0.15, 0.2) is 0 Å². The van der Waals surface area contributed by atoms with Crippen molar-refractivity contribution in [3.63, 3.8) is 0 Å². The fourth-order valence-electron chi connectivity index (χ4n) is 1.29. The van der Waals surface area contributed by atoms with E-state index in [0.717, 1.165) is 19.2 Å². The molecular formula is C11H14ClF2N. The third kappa shape index (κ3) is 4.14. The maximum Gasteiger partial charge on any atom is 0.129 e. The smallest absolute Gasteiger partial charge is 0.129 e. The summed E-state index contributed by atoms with van der Waals surface area (Å²) in [4.78, 5) is 2.01. The van der Waals surface area contributed by atoms with Crippen molar-refractivity contribution in [1.82, 2.24) is 4.90 Å². The zero-order chi connectivity index (χ0) is 11.3. The van der Waals surface area contributed by atoms with Crippen molar-refractivity contribution in [1.29, 1.82) is 0 Å². The average molecular weight is 234 g/mol. The Kier molecular flexibility index (Phi) is 4.99. The molecule has 0 unspecified atom stereocenters. The first kappa shape index (κ1) is 12.4. The van der Waals surface area contributed by atoms with Crippen molar-refractivity contribution in [2.24, 2.45) is 0 Å². The minimum atomic E-state index is -0.537. The van der Waals surface area contributed by atoms with E-state index in [0.29, 0.717) is 17.9 Å². The van der Waals surface area contributed by atoms with E-state index in [1.165, 1.54) is 12.1 Å². The second kappa shape index (κ2) is 6.03. The van der Waals surface area contributed by atoms with E-state index in [9.17, 15) is 8.78 Å². The van der Waals surface area contributed by atoms with Gasteiger partial charge in [-0.1, -0.05) is 6.07 Å². The van der Waals surface area contributed by atoms with E-state index in [-0.39, 0.29) is 0 Å². The summed E-state index contributed by atoms with van der Waals surface area (Å²) in [7, 11) is 1.92. The fraction of sp³-hybridized carbons (Fsp3) is 0.455. The molecule has 15 heavy (non-hydrogen) atoms. The van der Waals surface area contributed by atoms with Crippen molar-refractivity contribution < 1.29 is 8.78 Å². The van der Waals surface area contributed by atoms with Gasteiger partial charge in [-0.2, -0.15) is 0 Å². The molecule has 0 atom stereocenters. The molecule has 0 aliphatic rings. The lowest BCUT2D eigenvalue weighted by molar-refractivity contribution is 0.357. The highest BCUT2D eigenvalue weighted by Gasteiger charge is 2.05. The van der Waals surface area contributed by atoms with Gasteiger partial charge in [-0.3, -0.25) is 0 Å². The quantitative estimate of drug-likeness (QED) is 0.707. The standard InChI is InChI=1S/C11H14ClF2N/c1-15(7-5-12)6-4-9-2-3-10(13)8-11(9)14/h2-3,8H,4-7H2,1H3. The molecular weight excluding hydrogens is 220 g/mol. The number of likely N-dealkylation sites (N-methyl/N-ethyl adjacent to an activating group) is 1. The lowest BCUT2D eigenvalue weighted by Gasteiger charge is -2.14. The van der Waals surface area contributed by atoms with Gasteiger partial charge in [-0.25, -0.2) is 8.78 Å². The zero-order valence-electron chi connectivity index (χ0n) is 8.64. The lowest BCUT2D eigenvalue weighted by atomic mass is 10.1. The van der Waals surface area contributed by atoms with E-state index in [4.69, 9.17) is 11.6 Å². The van der Waals surface area contributed by atoms with Gasteiger partial charge in [0, 0.05) is 25.0 Å². The predicted molar refractivity (Wildman–Crippen MR) is 58.3 cm³/mol. The van der Waals surface area contributed by atoms with E-state index in [1.54, 1.807) is 0 Å². The number of hydrogen-bond acceptors (Lipinski definition) is 1. The van der Waals surface area contributed by atoms with Crippen LogP contribution in [0.4, 0.5) is 8.78 Å². The van der Waals surface area contributed by atoms with E-state index in [1.807, 2.05) is 11.9 Å². The molecule has 4 heteroatoms. The highest BCUT2D eigenvalue weighted by atomic mass is 35.5. The molecule has 1 aromatic carbocycles. The van der Waals surface area contributed by atoms with E-state index >= 15 is 0 Å². The van der Waals surface area contributed by atoms with Crippen molar-refractivity contribution in [3.05, 3.63) is 35.4 Å². The molecule has 0 bridgehead atoms. The monoisotopic (exact) mass is 233 g/mol. The minimum absolute atomic E-state index is 0.478. The van der Waals surface area contributed by atoms with Crippen LogP contribution in [0.3, 0.4) is 0 Å². The summed E-state index contributed by atoms with van der Waals surface area (Å²) in [5.41, 5.74) is 0.540. The maximum absolute atomic E-state index is 13.2. The van der Waals surface area contributed by atoms with Crippen LogP contribution in [0.15, 0.2) is 18.2 Å². The SMILES string of the molecule is CN(CCCl)CCc1ccc(F)cc1F. The number of benzene rings is 1. The Morgan fingerprint density at radius 1 is 1.27 bits per heavy atom. The first-order valence-corrected chi connectivity index (χ1v) is 5.35. The van der Waals surface area contributed by atoms with Crippen LogP contribution in [0.25, 0.3) is 0 Å². The molecule has 0 saturated heterocycles. The molecule has 84 valence electrons. The Hall–Kier alpha value is -0.670. The van der Waals surface area contributed by atoms with Gasteiger partial charge in [-0.05, 0) is 25.1 Å². The molecule has 0 radical (unpaired) electrons. The van der Waals surface area contributed by atoms with Crippen LogP contribution in [0.2, 0.25) is 0 Å². The van der Waals surface area contributed by atoms with Gasteiger partial charge >= 0.3 is 0 Å². The summed E-state index contributed by atoms with van der Waals surface area (Å²) in [6.45, 7) is 1.49. The van der Waals surface area contributed by atoms with Crippen LogP contribution in [0.5, 0.6) is 0 Å². The largest absolute Gasteiger partial charge is 0.305 e. The molecule has 0 aromatic heterocycles. The van der Waals surface area contributed by atoms with Gasteiger partial charge in [0.1, 0.15) is 11.6 Å². The van der Waals surface area contributed by atoms with Gasteiger partial charge in [-0.15, -0.1) is 11.6 Å². The molecule has 1 aromatic rings. The molecule has 0 N–H and O–H groups in total. The van der Waals surface area contributed by atoms with E-state index < -0.39 is 11.6 Å². The van der Waals surface area contributed by atoms with Crippen molar-refractivity contribution >= 4 is 11.6 Å². The third-order valence-corrected chi connectivity index (χ3v) is 2.41. The Morgan fingerprint density at radius 2 is 2.00 bits per heavy atom. The molecule has 0 amide bonds. The molecule has 0 saturated carbocycles. The highest BCUT2D eigenvalue weighted by molar-refractivity contribution is 6.18. The summed E-state index contributed by atoms with van der Waals surface area (Å²) in [5.74, 6) is -0.456. The number of alkyl halides is 1.